The van der Waals surface area contributed by atoms with E-state index in [0.717, 1.165) is 46.4 Å². The van der Waals surface area contributed by atoms with Crippen LogP contribution in [0.3, 0.4) is 0 Å². The van der Waals surface area contributed by atoms with E-state index in [1.54, 1.807) is 7.11 Å². The minimum Gasteiger partial charge on any atom is -0.497 e. The van der Waals surface area contributed by atoms with Crippen LogP contribution < -0.4 is 15.0 Å². The van der Waals surface area contributed by atoms with Crippen molar-refractivity contribution in [3.8, 4) is 17.1 Å². The van der Waals surface area contributed by atoms with Gasteiger partial charge in [-0.25, -0.2) is 0 Å². The lowest BCUT2D eigenvalue weighted by Gasteiger charge is -2.30. The van der Waals surface area contributed by atoms with Gasteiger partial charge in [-0.2, -0.15) is 4.98 Å². The second-order valence-electron chi connectivity index (χ2n) is 7.39. The average molecular weight is 471 g/mol. The number of methoxy groups -OCH3 is 1. The molecule has 1 saturated heterocycles. The van der Waals surface area contributed by atoms with Gasteiger partial charge in [-0.05, 0) is 77.7 Å². The van der Waals surface area contributed by atoms with Crippen molar-refractivity contribution in [1.29, 1.82) is 0 Å². The number of aromatic nitrogens is 2. The fraction of sp³-hybridized carbons (Fsp3) is 0.318. The maximum atomic E-state index is 12.8. The summed E-state index contributed by atoms with van der Waals surface area (Å²) < 4.78 is 11.5. The van der Waals surface area contributed by atoms with E-state index < -0.39 is 0 Å². The highest BCUT2D eigenvalue weighted by Gasteiger charge is 2.29. The van der Waals surface area contributed by atoms with Crippen LogP contribution in [0, 0.1) is 12.8 Å². The van der Waals surface area contributed by atoms with Gasteiger partial charge in [-0.15, -0.1) is 0 Å². The van der Waals surface area contributed by atoms with Gasteiger partial charge in [0, 0.05) is 23.1 Å². The third-order valence-corrected chi connectivity index (χ3v) is 5.86. The zero-order chi connectivity index (χ0) is 21.1. The third kappa shape index (κ3) is 4.48. The molecule has 8 heteroatoms. The molecule has 0 spiro atoms. The number of nitrogens with one attached hydrogen (secondary N) is 1. The fourth-order valence-electron chi connectivity index (χ4n) is 3.52. The summed E-state index contributed by atoms with van der Waals surface area (Å²) in [7, 11) is 1.63. The molecular weight excluding hydrogens is 448 g/mol. The molecular formula is C22H23BrN4O3. The summed E-state index contributed by atoms with van der Waals surface area (Å²) in [6.07, 6.45) is 1.71. The van der Waals surface area contributed by atoms with Gasteiger partial charge >= 0.3 is 6.01 Å². The van der Waals surface area contributed by atoms with Crippen LogP contribution in [0.15, 0.2) is 51.5 Å². The largest absolute Gasteiger partial charge is 0.497 e. The number of amides is 1. The first-order valence-corrected chi connectivity index (χ1v) is 10.6. The van der Waals surface area contributed by atoms with Crippen molar-refractivity contribution in [2.45, 2.75) is 19.8 Å². The van der Waals surface area contributed by atoms with Crippen LogP contribution in [0.1, 0.15) is 18.4 Å². The minimum absolute atomic E-state index is 0.000791. The number of benzene rings is 2. The Morgan fingerprint density at radius 2 is 2.07 bits per heavy atom. The summed E-state index contributed by atoms with van der Waals surface area (Å²) in [5.74, 6) is 1.14. The average Bonchev–Trinajstić information content (AvgIpc) is 3.26. The van der Waals surface area contributed by atoms with E-state index in [4.69, 9.17) is 9.26 Å². The molecule has 0 saturated carbocycles. The maximum absolute atomic E-state index is 12.8. The Morgan fingerprint density at radius 3 is 2.80 bits per heavy atom. The Bertz CT molecular complexity index is 1040. The van der Waals surface area contributed by atoms with Gasteiger partial charge in [-0.1, -0.05) is 11.2 Å². The number of hydrogen-bond donors (Lipinski definition) is 1. The van der Waals surface area contributed by atoms with E-state index >= 15 is 0 Å². The lowest BCUT2D eigenvalue weighted by Crippen LogP contribution is -2.41. The van der Waals surface area contributed by atoms with Crippen LogP contribution in [-0.4, -0.2) is 36.2 Å². The number of carbonyl (C=O) groups excluding carboxylic acids is 1. The molecule has 3 aromatic rings. The van der Waals surface area contributed by atoms with E-state index in [1.165, 1.54) is 0 Å². The van der Waals surface area contributed by atoms with Crippen LogP contribution in [0.4, 0.5) is 11.7 Å². The zero-order valence-corrected chi connectivity index (χ0v) is 18.5. The van der Waals surface area contributed by atoms with Gasteiger partial charge < -0.3 is 19.5 Å². The number of ether oxygens (including phenoxy) is 1. The van der Waals surface area contributed by atoms with E-state index in [9.17, 15) is 4.79 Å². The molecule has 1 aliphatic rings. The monoisotopic (exact) mass is 470 g/mol. The standard InChI is InChI=1S/C22H23BrN4O3/c1-14-5-10-19(18(23)12-14)24-21(28)16-4-3-11-27(13-16)22-25-20(26-30-22)15-6-8-17(29-2)9-7-15/h5-10,12,16H,3-4,11,13H2,1-2H3,(H,24,28)/t16-/m1/s1. The first kappa shape index (κ1) is 20.4. The van der Waals surface area contributed by atoms with Gasteiger partial charge in [0.15, 0.2) is 0 Å². The Labute approximate surface area is 183 Å². The van der Waals surface area contributed by atoms with E-state index in [-0.39, 0.29) is 11.8 Å². The highest BCUT2D eigenvalue weighted by molar-refractivity contribution is 9.10. The number of aryl methyl sites for hydroxylation is 1. The SMILES string of the molecule is COc1ccc(-c2noc(N3CCC[C@@H](C(=O)Nc4ccc(C)cc4Br)C3)n2)cc1. The summed E-state index contributed by atoms with van der Waals surface area (Å²) in [5, 5.41) is 7.13. The summed E-state index contributed by atoms with van der Waals surface area (Å²) in [6.45, 7) is 3.34. The summed E-state index contributed by atoms with van der Waals surface area (Å²) in [5.41, 5.74) is 2.76. The quantitative estimate of drug-likeness (QED) is 0.583. The number of halogens is 1. The molecule has 2 aromatic carbocycles. The highest BCUT2D eigenvalue weighted by atomic mass is 79.9. The molecule has 0 radical (unpaired) electrons. The van der Waals surface area contributed by atoms with E-state index in [1.807, 2.05) is 54.3 Å². The molecule has 156 valence electrons. The summed E-state index contributed by atoms with van der Waals surface area (Å²) >= 11 is 3.52. The number of nitrogens with zero attached hydrogens (tertiary/aromatic N) is 3. The van der Waals surface area contributed by atoms with E-state index in [0.29, 0.717) is 18.4 Å². The van der Waals surface area contributed by atoms with Crippen molar-refractivity contribution in [3.63, 3.8) is 0 Å². The fourth-order valence-corrected chi connectivity index (χ4v) is 4.11. The molecule has 1 amide bonds. The summed E-state index contributed by atoms with van der Waals surface area (Å²) in [4.78, 5) is 19.3. The van der Waals surface area contributed by atoms with Crippen molar-refractivity contribution >= 4 is 33.5 Å². The predicted molar refractivity (Wildman–Crippen MR) is 119 cm³/mol. The molecule has 30 heavy (non-hydrogen) atoms. The number of rotatable bonds is 5. The normalized spacial score (nSPS) is 16.4. The third-order valence-electron chi connectivity index (χ3n) is 5.21. The van der Waals surface area contributed by atoms with Crippen LogP contribution >= 0.6 is 15.9 Å². The molecule has 0 unspecified atom stereocenters. The highest BCUT2D eigenvalue weighted by Crippen LogP contribution is 2.28. The van der Waals surface area contributed by atoms with Crippen molar-refractivity contribution in [2.75, 3.05) is 30.4 Å². The Hall–Kier alpha value is -2.87. The van der Waals surface area contributed by atoms with Crippen molar-refractivity contribution in [2.24, 2.45) is 5.92 Å². The van der Waals surface area contributed by atoms with Gasteiger partial charge in [-0.3, -0.25) is 4.79 Å². The van der Waals surface area contributed by atoms with Gasteiger partial charge in [0.2, 0.25) is 11.7 Å². The smallest absolute Gasteiger partial charge is 0.324 e. The molecule has 0 aliphatic carbocycles. The number of carbonyl (C=O) groups is 1. The number of anilines is 2. The number of piperidine rings is 1. The van der Waals surface area contributed by atoms with Gasteiger partial charge in [0.1, 0.15) is 5.75 Å². The topological polar surface area (TPSA) is 80.5 Å². The molecule has 1 atom stereocenters. The van der Waals surface area contributed by atoms with Crippen LogP contribution in [0.5, 0.6) is 5.75 Å². The van der Waals surface area contributed by atoms with Crippen molar-refractivity contribution in [1.82, 2.24) is 10.1 Å². The number of hydrogen-bond acceptors (Lipinski definition) is 6. The van der Waals surface area contributed by atoms with Crippen LogP contribution in [0.25, 0.3) is 11.4 Å². The lowest BCUT2D eigenvalue weighted by atomic mass is 9.97. The molecule has 7 nitrogen and oxygen atoms in total. The molecule has 1 fully saturated rings. The maximum Gasteiger partial charge on any atom is 0.324 e. The van der Waals surface area contributed by atoms with Crippen molar-refractivity contribution < 1.29 is 14.1 Å². The molecule has 0 bridgehead atoms. The van der Waals surface area contributed by atoms with Gasteiger partial charge in [0.25, 0.3) is 0 Å². The first-order chi connectivity index (χ1) is 14.5. The van der Waals surface area contributed by atoms with E-state index in [2.05, 4.69) is 31.4 Å². The summed E-state index contributed by atoms with van der Waals surface area (Å²) in [6, 6.07) is 13.8. The molecule has 1 N–H and O–H groups in total. The zero-order valence-electron chi connectivity index (χ0n) is 16.9. The van der Waals surface area contributed by atoms with Crippen LogP contribution in [-0.2, 0) is 4.79 Å². The second kappa shape index (κ2) is 8.87. The van der Waals surface area contributed by atoms with Gasteiger partial charge in [0.05, 0.1) is 18.7 Å². The second-order valence-corrected chi connectivity index (χ2v) is 8.24. The van der Waals surface area contributed by atoms with Crippen LogP contribution in [0.2, 0.25) is 0 Å². The predicted octanol–water partition coefficient (Wildman–Crippen LogP) is 4.67. The lowest BCUT2D eigenvalue weighted by molar-refractivity contribution is -0.120. The molecule has 4 rings (SSSR count). The molecule has 1 aromatic heterocycles. The molecule has 2 heterocycles. The Kier molecular flexibility index (Phi) is 6.03. The minimum atomic E-state index is -0.150. The Morgan fingerprint density at radius 1 is 1.27 bits per heavy atom. The first-order valence-electron chi connectivity index (χ1n) is 9.83. The Balaban J connectivity index is 1.43. The molecule has 1 aliphatic heterocycles. The van der Waals surface area contributed by atoms with Crippen molar-refractivity contribution in [3.05, 3.63) is 52.5 Å².